The summed E-state index contributed by atoms with van der Waals surface area (Å²) in [5.41, 5.74) is 6.00. The summed E-state index contributed by atoms with van der Waals surface area (Å²) in [7, 11) is 0. The van der Waals surface area contributed by atoms with Crippen molar-refractivity contribution >= 4 is 34.2 Å². The quantitative estimate of drug-likeness (QED) is 0.227. The van der Waals surface area contributed by atoms with E-state index in [1.54, 1.807) is 48.5 Å². The second kappa shape index (κ2) is 12.6. The number of halogens is 3. The van der Waals surface area contributed by atoms with Crippen molar-refractivity contribution in [3.8, 4) is 5.75 Å². The standard InChI is InChI=1S/C31H31F3N4O4/c32-31(33,34)24-8-6-7-22-19-27(42-28(22)24)30(40)38(20-37-15-4-1-5-16-37)17-18-41-23-13-11-21(12-14-23)29(39)36-26-10-3-2-9-25(26)35/h2-3,6-14,19H,1,4-5,15-18,20,35H2,(H,36,39). The summed E-state index contributed by atoms with van der Waals surface area (Å²) in [5, 5.41) is 2.98. The Bertz CT molecular complexity index is 1550. The molecule has 0 unspecified atom stereocenters. The van der Waals surface area contributed by atoms with E-state index in [1.165, 1.54) is 23.1 Å². The Kier molecular flexibility index (Phi) is 8.67. The van der Waals surface area contributed by atoms with Crippen LogP contribution in [0.1, 0.15) is 45.7 Å². The van der Waals surface area contributed by atoms with E-state index in [1.807, 2.05) is 0 Å². The minimum absolute atomic E-state index is 0.125. The van der Waals surface area contributed by atoms with Crippen LogP contribution in [0.5, 0.6) is 5.75 Å². The molecule has 4 aromatic rings. The third-order valence-electron chi connectivity index (χ3n) is 7.12. The Balaban J connectivity index is 1.25. The monoisotopic (exact) mass is 580 g/mol. The van der Waals surface area contributed by atoms with Crippen molar-refractivity contribution in [1.82, 2.24) is 9.80 Å². The number of piperidine rings is 1. The molecule has 1 fully saturated rings. The first-order valence-corrected chi connectivity index (χ1v) is 13.7. The van der Waals surface area contributed by atoms with Crippen molar-refractivity contribution in [1.29, 1.82) is 0 Å². The first-order chi connectivity index (χ1) is 20.2. The number of nitrogens with one attached hydrogen (secondary N) is 1. The van der Waals surface area contributed by atoms with E-state index >= 15 is 0 Å². The number of hydrogen-bond acceptors (Lipinski definition) is 6. The highest BCUT2D eigenvalue weighted by Gasteiger charge is 2.35. The van der Waals surface area contributed by atoms with Crippen LogP contribution in [0.25, 0.3) is 11.0 Å². The van der Waals surface area contributed by atoms with Gasteiger partial charge in [-0.05, 0) is 74.5 Å². The molecular weight excluding hydrogens is 549 g/mol. The van der Waals surface area contributed by atoms with Gasteiger partial charge in [0.2, 0.25) is 0 Å². The molecule has 5 rings (SSSR count). The molecule has 3 N–H and O–H groups in total. The van der Waals surface area contributed by atoms with E-state index in [0.717, 1.165) is 38.4 Å². The molecule has 2 amide bonds. The van der Waals surface area contributed by atoms with E-state index in [-0.39, 0.29) is 35.8 Å². The van der Waals surface area contributed by atoms with E-state index in [4.69, 9.17) is 14.9 Å². The van der Waals surface area contributed by atoms with Gasteiger partial charge in [0, 0.05) is 10.9 Å². The Morgan fingerprint density at radius 3 is 2.43 bits per heavy atom. The molecule has 220 valence electrons. The second-order valence-electron chi connectivity index (χ2n) is 10.1. The van der Waals surface area contributed by atoms with Gasteiger partial charge in [0.1, 0.15) is 17.9 Å². The summed E-state index contributed by atoms with van der Waals surface area (Å²) >= 11 is 0. The summed E-state index contributed by atoms with van der Waals surface area (Å²) < 4.78 is 51.9. The van der Waals surface area contributed by atoms with Crippen LogP contribution in [0.4, 0.5) is 24.5 Å². The first kappa shape index (κ1) is 29.0. The van der Waals surface area contributed by atoms with Gasteiger partial charge in [0.15, 0.2) is 5.76 Å². The molecule has 0 atom stereocenters. The van der Waals surface area contributed by atoms with Crippen molar-refractivity contribution in [3.63, 3.8) is 0 Å². The molecule has 2 heterocycles. The predicted octanol–water partition coefficient (Wildman–Crippen LogP) is 6.25. The Hall–Kier alpha value is -4.51. The van der Waals surface area contributed by atoms with E-state index in [2.05, 4.69) is 10.2 Å². The average Bonchev–Trinajstić information content (AvgIpc) is 3.42. The highest BCUT2D eigenvalue weighted by atomic mass is 19.4. The number of benzene rings is 3. The number of nitrogens with zero attached hydrogens (tertiary/aromatic N) is 2. The molecule has 1 saturated heterocycles. The number of furan rings is 1. The molecule has 0 radical (unpaired) electrons. The molecule has 1 aliphatic rings. The topological polar surface area (TPSA) is 101 Å². The number of hydrogen-bond donors (Lipinski definition) is 2. The minimum atomic E-state index is -4.61. The maximum atomic E-state index is 13.5. The molecule has 0 bridgehead atoms. The normalized spacial score (nSPS) is 14.1. The lowest BCUT2D eigenvalue weighted by molar-refractivity contribution is -0.136. The number of nitrogens with two attached hydrogens (primary N) is 1. The number of anilines is 2. The zero-order chi connectivity index (χ0) is 29.7. The third-order valence-corrected chi connectivity index (χ3v) is 7.12. The second-order valence-corrected chi connectivity index (χ2v) is 10.1. The van der Waals surface area contributed by atoms with Crippen LogP contribution in [0.2, 0.25) is 0 Å². The van der Waals surface area contributed by atoms with Crippen LogP contribution < -0.4 is 15.8 Å². The van der Waals surface area contributed by atoms with Gasteiger partial charge in [-0.15, -0.1) is 0 Å². The molecular formula is C31H31F3N4O4. The summed E-state index contributed by atoms with van der Waals surface area (Å²) in [6.07, 6.45) is -1.47. The number of likely N-dealkylation sites (tertiary alicyclic amines) is 1. The van der Waals surface area contributed by atoms with Crippen molar-refractivity contribution in [3.05, 3.63) is 89.7 Å². The molecule has 0 saturated carbocycles. The van der Waals surface area contributed by atoms with Gasteiger partial charge in [-0.25, -0.2) is 0 Å². The number of nitrogen functional groups attached to an aromatic ring is 1. The molecule has 11 heteroatoms. The predicted molar refractivity (Wildman–Crippen MR) is 153 cm³/mol. The van der Waals surface area contributed by atoms with Crippen LogP contribution in [0.15, 0.2) is 77.2 Å². The van der Waals surface area contributed by atoms with E-state index in [0.29, 0.717) is 29.4 Å². The maximum absolute atomic E-state index is 13.5. The highest BCUT2D eigenvalue weighted by molar-refractivity contribution is 6.05. The number of amides is 2. The SMILES string of the molecule is Nc1ccccc1NC(=O)c1ccc(OCCN(CN2CCCCC2)C(=O)c2cc3cccc(C(F)(F)F)c3o2)cc1. The van der Waals surface area contributed by atoms with Crippen molar-refractivity contribution in [2.75, 3.05) is 44.0 Å². The van der Waals surface area contributed by atoms with Gasteiger partial charge in [0.25, 0.3) is 11.8 Å². The smallest absolute Gasteiger partial charge is 0.420 e. The first-order valence-electron chi connectivity index (χ1n) is 13.7. The van der Waals surface area contributed by atoms with Crippen LogP contribution >= 0.6 is 0 Å². The largest absolute Gasteiger partial charge is 0.492 e. The van der Waals surface area contributed by atoms with Crippen LogP contribution in [0.3, 0.4) is 0 Å². The highest BCUT2D eigenvalue weighted by Crippen LogP contribution is 2.36. The lowest BCUT2D eigenvalue weighted by Gasteiger charge is -2.32. The van der Waals surface area contributed by atoms with Crippen molar-refractivity contribution in [2.45, 2.75) is 25.4 Å². The number of rotatable bonds is 9. The summed E-state index contributed by atoms with van der Waals surface area (Å²) in [4.78, 5) is 29.8. The lowest BCUT2D eigenvalue weighted by Crippen LogP contribution is -2.45. The number of carbonyl (C=O) groups excluding carboxylic acids is 2. The van der Waals surface area contributed by atoms with Crippen molar-refractivity contribution < 1.29 is 31.9 Å². The fourth-order valence-electron chi connectivity index (χ4n) is 4.91. The fraction of sp³-hybridized carbons (Fsp3) is 0.290. The van der Waals surface area contributed by atoms with E-state index < -0.39 is 17.6 Å². The molecule has 1 aliphatic heterocycles. The summed E-state index contributed by atoms with van der Waals surface area (Å²) in [5.74, 6) is -0.499. The zero-order valence-corrected chi connectivity index (χ0v) is 22.8. The minimum Gasteiger partial charge on any atom is -0.492 e. The zero-order valence-electron chi connectivity index (χ0n) is 22.8. The summed E-state index contributed by atoms with van der Waals surface area (Å²) in [6.45, 7) is 2.24. The van der Waals surface area contributed by atoms with Crippen LogP contribution in [0, 0.1) is 0 Å². The van der Waals surface area contributed by atoms with Gasteiger partial charge in [-0.3, -0.25) is 14.5 Å². The summed E-state index contributed by atoms with van der Waals surface area (Å²) in [6, 6.07) is 18.6. The Morgan fingerprint density at radius 1 is 0.976 bits per heavy atom. The fourth-order valence-corrected chi connectivity index (χ4v) is 4.91. The van der Waals surface area contributed by atoms with Gasteiger partial charge in [-0.2, -0.15) is 13.2 Å². The van der Waals surface area contributed by atoms with Crippen LogP contribution in [-0.4, -0.2) is 54.5 Å². The average molecular weight is 581 g/mol. The number of fused-ring (bicyclic) bond motifs is 1. The van der Waals surface area contributed by atoms with Gasteiger partial charge in [0.05, 0.1) is 30.2 Å². The van der Waals surface area contributed by atoms with Gasteiger partial charge >= 0.3 is 6.18 Å². The lowest BCUT2D eigenvalue weighted by atomic mass is 10.1. The van der Waals surface area contributed by atoms with Gasteiger partial charge in [-0.1, -0.05) is 30.7 Å². The number of ether oxygens (including phenoxy) is 1. The molecule has 8 nitrogen and oxygen atoms in total. The number of alkyl halides is 3. The van der Waals surface area contributed by atoms with Crippen molar-refractivity contribution in [2.24, 2.45) is 0 Å². The third kappa shape index (κ3) is 6.85. The molecule has 3 aromatic carbocycles. The molecule has 0 spiro atoms. The van der Waals surface area contributed by atoms with E-state index in [9.17, 15) is 22.8 Å². The number of carbonyl (C=O) groups is 2. The van der Waals surface area contributed by atoms with Gasteiger partial charge < -0.3 is 25.1 Å². The Morgan fingerprint density at radius 2 is 1.71 bits per heavy atom. The molecule has 1 aromatic heterocycles. The number of para-hydroxylation sites is 3. The molecule has 42 heavy (non-hydrogen) atoms. The van der Waals surface area contributed by atoms with Crippen LogP contribution in [-0.2, 0) is 6.18 Å². The Labute approximate surface area is 240 Å². The molecule has 0 aliphatic carbocycles. The maximum Gasteiger partial charge on any atom is 0.420 e.